The lowest BCUT2D eigenvalue weighted by Gasteiger charge is -2.25. The molecule has 7 heteroatoms. The van der Waals surface area contributed by atoms with E-state index in [1.54, 1.807) is 0 Å². The molecule has 26 heavy (non-hydrogen) atoms. The molecule has 5 nitrogen and oxygen atoms in total. The normalized spacial score (nSPS) is 13.2. The van der Waals surface area contributed by atoms with Crippen molar-refractivity contribution in [2.45, 2.75) is 43.7 Å². The highest BCUT2D eigenvalue weighted by Crippen LogP contribution is 2.13. The lowest BCUT2D eigenvalue weighted by molar-refractivity contribution is -0.124. The third kappa shape index (κ3) is 5.93. The van der Waals surface area contributed by atoms with Crippen molar-refractivity contribution in [3.63, 3.8) is 0 Å². The average Bonchev–Trinajstić information content (AvgIpc) is 2.54. The van der Waals surface area contributed by atoms with Gasteiger partial charge in [-0.1, -0.05) is 30.3 Å². The van der Waals surface area contributed by atoms with E-state index >= 15 is 0 Å². The Morgan fingerprint density at radius 2 is 1.62 bits per heavy atom. The van der Waals surface area contributed by atoms with Crippen LogP contribution in [0.2, 0.25) is 0 Å². The van der Waals surface area contributed by atoms with Gasteiger partial charge in [0.2, 0.25) is 15.9 Å². The second kappa shape index (κ2) is 7.97. The van der Waals surface area contributed by atoms with Crippen LogP contribution < -0.4 is 10.0 Å². The smallest absolute Gasteiger partial charge is 0.241 e. The van der Waals surface area contributed by atoms with Crippen molar-refractivity contribution >= 4 is 15.9 Å². The van der Waals surface area contributed by atoms with Gasteiger partial charge in [-0.2, -0.15) is 4.72 Å². The molecule has 1 amide bonds. The second-order valence-electron chi connectivity index (χ2n) is 7.06. The molecule has 0 fully saturated rings. The first-order chi connectivity index (χ1) is 12.1. The number of amides is 1. The fraction of sp³-hybridized carbons (Fsp3) is 0.316. The number of sulfonamides is 1. The summed E-state index contributed by atoms with van der Waals surface area (Å²) in [6, 6.07) is 12.6. The third-order valence-corrected chi connectivity index (χ3v) is 5.01. The fourth-order valence-electron chi connectivity index (χ4n) is 2.36. The van der Waals surface area contributed by atoms with Crippen LogP contribution in [0.25, 0.3) is 0 Å². The highest BCUT2D eigenvalue weighted by Gasteiger charge is 2.28. The summed E-state index contributed by atoms with van der Waals surface area (Å²) >= 11 is 0. The van der Waals surface area contributed by atoms with E-state index in [0.29, 0.717) is 0 Å². The number of hydrogen-bond donors (Lipinski definition) is 2. The molecule has 2 aromatic carbocycles. The zero-order valence-electron chi connectivity index (χ0n) is 15.0. The van der Waals surface area contributed by atoms with Crippen LogP contribution in [0.4, 0.5) is 4.39 Å². The first-order valence-electron chi connectivity index (χ1n) is 8.21. The van der Waals surface area contributed by atoms with Gasteiger partial charge in [0.05, 0.1) is 4.90 Å². The maximum atomic E-state index is 13.1. The summed E-state index contributed by atoms with van der Waals surface area (Å²) in [5.41, 5.74) is 0.316. The first kappa shape index (κ1) is 20.1. The Labute approximate surface area is 153 Å². The standard InChI is InChI=1S/C19H23FN2O3S/c1-19(2,3)21-18(23)17(13-14-7-5-4-6-8-14)22-26(24,25)16-11-9-15(20)10-12-16/h4-12,17,22H,13H2,1-3H3,(H,21,23)/t17-/m0/s1. The van der Waals surface area contributed by atoms with Gasteiger partial charge in [0.15, 0.2) is 0 Å². The summed E-state index contributed by atoms with van der Waals surface area (Å²) in [6.45, 7) is 5.46. The van der Waals surface area contributed by atoms with Gasteiger partial charge in [0.1, 0.15) is 11.9 Å². The summed E-state index contributed by atoms with van der Waals surface area (Å²) in [7, 11) is -3.97. The predicted octanol–water partition coefficient (Wildman–Crippen LogP) is 2.63. The molecule has 0 aromatic heterocycles. The van der Waals surface area contributed by atoms with Crippen molar-refractivity contribution in [3.05, 3.63) is 66.0 Å². The highest BCUT2D eigenvalue weighted by molar-refractivity contribution is 7.89. The molecule has 2 N–H and O–H groups in total. The van der Waals surface area contributed by atoms with E-state index in [4.69, 9.17) is 0 Å². The van der Waals surface area contributed by atoms with E-state index in [1.807, 2.05) is 51.1 Å². The van der Waals surface area contributed by atoms with Crippen LogP contribution in [0, 0.1) is 5.82 Å². The van der Waals surface area contributed by atoms with Crippen molar-refractivity contribution < 1.29 is 17.6 Å². The van der Waals surface area contributed by atoms with E-state index in [0.717, 1.165) is 17.7 Å². The minimum Gasteiger partial charge on any atom is -0.350 e. The maximum absolute atomic E-state index is 13.1. The molecule has 140 valence electrons. The Hall–Kier alpha value is -2.25. The minimum atomic E-state index is -3.97. The summed E-state index contributed by atoms with van der Waals surface area (Å²) in [5.74, 6) is -0.956. The number of carbonyl (C=O) groups excluding carboxylic acids is 1. The molecule has 0 bridgehead atoms. The van der Waals surface area contributed by atoms with Crippen LogP contribution in [-0.2, 0) is 21.2 Å². The van der Waals surface area contributed by atoms with Crippen molar-refractivity contribution in [1.82, 2.24) is 10.0 Å². The quantitative estimate of drug-likeness (QED) is 0.811. The van der Waals surface area contributed by atoms with Crippen molar-refractivity contribution in [2.75, 3.05) is 0 Å². The van der Waals surface area contributed by atoms with Crippen molar-refractivity contribution in [2.24, 2.45) is 0 Å². The first-order valence-corrected chi connectivity index (χ1v) is 9.69. The zero-order chi connectivity index (χ0) is 19.4. The van der Waals surface area contributed by atoms with Gasteiger partial charge in [-0.3, -0.25) is 4.79 Å². The molecule has 2 aromatic rings. The topological polar surface area (TPSA) is 75.3 Å². The van der Waals surface area contributed by atoms with Crippen LogP contribution in [0.1, 0.15) is 26.3 Å². The molecule has 0 aliphatic rings. The number of halogens is 1. The molecule has 0 saturated carbocycles. The van der Waals surface area contributed by atoms with Crippen LogP contribution in [0.3, 0.4) is 0 Å². The number of benzene rings is 2. The Morgan fingerprint density at radius 3 is 2.15 bits per heavy atom. The number of rotatable bonds is 6. The number of carbonyl (C=O) groups is 1. The van der Waals surface area contributed by atoms with Gasteiger partial charge < -0.3 is 5.32 Å². The van der Waals surface area contributed by atoms with Gasteiger partial charge in [-0.25, -0.2) is 12.8 Å². The van der Waals surface area contributed by atoms with E-state index in [9.17, 15) is 17.6 Å². The Kier molecular flexibility index (Phi) is 6.15. The van der Waals surface area contributed by atoms with Crippen molar-refractivity contribution in [1.29, 1.82) is 0 Å². The number of nitrogens with one attached hydrogen (secondary N) is 2. The second-order valence-corrected chi connectivity index (χ2v) is 8.77. The van der Waals surface area contributed by atoms with E-state index < -0.39 is 33.3 Å². The molecule has 0 aliphatic carbocycles. The van der Waals surface area contributed by atoms with Crippen LogP contribution in [0.5, 0.6) is 0 Å². The molecule has 0 heterocycles. The molecule has 0 radical (unpaired) electrons. The van der Waals surface area contributed by atoms with E-state index in [1.165, 1.54) is 12.1 Å². The van der Waals surface area contributed by atoms with E-state index in [2.05, 4.69) is 10.0 Å². The monoisotopic (exact) mass is 378 g/mol. The lowest BCUT2D eigenvalue weighted by atomic mass is 10.0. The van der Waals surface area contributed by atoms with Gasteiger partial charge in [0.25, 0.3) is 0 Å². The summed E-state index contributed by atoms with van der Waals surface area (Å²) < 4.78 is 40.7. The summed E-state index contributed by atoms with van der Waals surface area (Å²) in [6.07, 6.45) is 0.198. The Bertz CT molecular complexity index is 845. The SMILES string of the molecule is CC(C)(C)NC(=O)[C@H](Cc1ccccc1)NS(=O)(=O)c1ccc(F)cc1. The van der Waals surface area contributed by atoms with Crippen molar-refractivity contribution in [3.8, 4) is 0 Å². The van der Waals surface area contributed by atoms with Crippen LogP contribution in [-0.4, -0.2) is 25.9 Å². The number of hydrogen-bond acceptors (Lipinski definition) is 3. The molecule has 2 rings (SSSR count). The lowest BCUT2D eigenvalue weighted by Crippen LogP contribution is -2.52. The highest BCUT2D eigenvalue weighted by atomic mass is 32.2. The summed E-state index contributed by atoms with van der Waals surface area (Å²) in [5, 5.41) is 2.80. The van der Waals surface area contributed by atoms with Gasteiger partial charge in [-0.05, 0) is 57.0 Å². The molecule has 0 saturated heterocycles. The third-order valence-electron chi connectivity index (χ3n) is 3.52. The van der Waals surface area contributed by atoms with Gasteiger partial charge in [0, 0.05) is 5.54 Å². The van der Waals surface area contributed by atoms with Gasteiger partial charge in [-0.15, -0.1) is 0 Å². The Morgan fingerprint density at radius 1 is 1.04 bits per heavy atom. The molecule has 0 unspecified atom stereocenters. The molecular formula is C19H23FN2O3S. The average molecular weight is 378 g/mol. The summed E-state index contributed by atoms with van der Waals surface area (Å²) in [4.78, 5) is 12.5. The molecule has 1 atom stereocenters. The Balaban J connectivity index is 2.27. The van der Waals surface area contributed by atoms with E-state index in [-0.39, 0.29) is 11.3 Å². The molecule has 0 spiro atoms. The fourth-order valence-corrected chi connectivity index (χ4v) is 3.56. The maximum Gasteiger partial charge on any atom is 0.241 e. The molecular weight excluding hydrogens is 355 g/mol. The van der Waals surface area contributed by atoms with Gasteiger partial charge >= 0.3 is 0 Å². The minimum absolute atomic E-state index is 0.0967. The zero-order valence-corrected chi connectivity index (χ0v) is 15.8. The largest absolute Gasteiger partial charge is 0.350 e. The van der Waals surface area contributed by atoms with Crippen LogP contribution in [0.15, 0.2) is 59.5 Å². The van der Waals surface area contributed by atoms with Crippen LogP contribution >= 0.6 is 0 Å². The predicted molar refractivity (Wildman–Crippen MR) is 98.6 cm³/mol. The molecule has 0 aliphatic heterocycles.